The largest absolute Gasteiger partial charge is 0.379 e. The van der Waals surface area contributed by atoms with Crippen molar-refractivity contribution in [2.24, 2.45) is 11.1 Å². The first-order valence-corrected chi connectivity index (χ1v) is 15.6. The van der Waals surface area contributed by atoms with Gasteiger partial charge in [-0.1, -0.05) is 24.3 Å². The van der Waals surface area contributed by atoms with Gasteiger partial charge in [-0.15, -0.1) is 0 Å². The van der Waals surface area contributed by atoms with Crippen LogP contribution in [0.15, 0.2) is 53.4 Å². The molecule has 1 aliphatic carbocycles. The molecule has 1 saturated carbocycles. The zero-order chi connectivity index (χ0) is 28.3. The Morgan fingerprint density at radius 2 is 1.73 bits per heavy atom. The molecule has 3 atom stereocenters. The topological polar surface area (TPSA) is 134 Å². The number of primary sulfonamides is 1. The second-order valence-corrected chi connectivity index (χ2v) is 12.5. The summed E-state index contributed by atoms with van der Waals surface area (Å²) >= 11 is 5.57. The fourth-order valence-electron chi connectivity index (χ4n) is 5.77. The van der Waals surface area contributed by atoms with Crippen LogP contribution in [0, 0.1) is 5.92 Å². The highest BCUT2D eigenvalue weighted by atomic mass is 32.2. The van der Waals surface area contributed by atoms with Crippen molar-refractivity contribution in [3.05, 3.63) is 65.2 Å². The minimum Gasteiger partial charge on any atom is -0.379 e. The molecule has 214 valence electrons. The third kappa shape index (κ3) is 6.69. The Balaban J connectivity index is 1.13. The van der Waals surface area contributed by atoms with Gasteiger partial charge in [0.2, 0.25) is 15.9 Å². The van der Waals surface area contributed by atoms with Crippen molar-refractivity contribution in [2.45, 2.75) is 49.2 Å². The molecule has 2 amide bonds. The van der Waals surface area contributed by atoms with E-state index in [-0.39, 0.29) is 28.7 Å². The lowest BCUT2D eigenvalue weighted by atomic mass is 9.79. The zero-order valence-corrected chi connectivity index (χ0v) is 23.9. The zero-order valence-electron chi connectivity index (χ0n) is 22.3. The first-order valence-electron chi connectivity index (χ1n) is 13.6. The van der Waals surface area contributed by atoms with E-state index in [1.165, 1.54) is 12.1 Å². The lowest BCUT2D eigenvalue weighted by Gasteiger charge is -2.46. The standard InChI is InChI=1S/C28H35N5O5S2/c29-40(36,37)23-8-3-19(4-9-23)11-12-30-26(34)21-5-1-20(2-6-21)18-33-27(35)24-17-22(32-13-15-38-16-14-32)7-10-25(24)31-28(33)39/h1-6,8-9,22,24-25H,7,10-18H2,(H,30,34)(H,31,39)(H2,29,36,37). The van der Waals surface area contributed by atoms with Crippen LogP contribution in [0.3, 0.4) is 0 Å². The fourth-order valence-corrected chi connectivity index (χ4v) is 6.59. The van der Waals surface area contributed by atoms with E-state index in [4.69, 9.17) is 22.1 Å². The minimum atomic E-state index is -3.73. The van der Waals surface area contributed by atoms with Crippen molar-refractivity contribution in [3.63, 3.8) is 0 Å². The maximum atomic E-state index is 13.5. The van der Waals surface area contributed by atoms with Crippen LogP contribution in [-0.2, 0) is 32.5 Å². The predicted octanol–water partition coefficient (Wildman–Crippen LogP) is 1.39. The molecular weight excluding hydrogens is 550 g/mol. The van der Waals surface area contributed by atoms with Gasteiger partial charge in [0, 0.05) is 37.3 Å². The van der Waals surface area contributed by atoms with Crippen LogP contribution in [0.1, 0.15) is 40.7 Å². The Morgan fingerprint density at radius 1 is 1.05 bits per heavy atom. The number of hydrogen-bond acceptors (Lipinski definition) is 7. The number of morpholine rings is 1. The first kappa shape index (κ1) is 28.6. The molecule has 2 aromatic rings. The summed E-state index contributed by atoms with van der Waals surface area (Å²) in [5, 5.41) is 11.9. The molecule has 0 bridgehead atoms. The molecule has 2 aromatic carbocycles. The summed E-state index contributed by atoms with van der Waals surface area (Å²) in [6.07, 6.45) is 3.35. The number of nitrogens with one attached hydrogen (secondary N) is 2. The molecule has 3 fully saturated rings. The Kier molecular flexibility index (Phi) is 8.81. The lowest BCUT2D eigenvalue weighted by Crippen LogP contribution is -2.62. The van der Waals surface area contributed by atoms with Crippen molar-refractivity contribution >= 4 is 39.2 Å². The summed E-state index contributed by atoms with van der Waals surface area (Å²) in [5.74, 6) is -0.238. The highest BCUT2D eigenvalue weighted by molar-refractivity contribution is 7.89. The molecule has 2 heterocycles. The molecule has 4 N–H and O–H groups in total. The molecule has 3 unspecified atom stereocenters. The number of carbonyl (C=O) groups is 2. The monoisotopic (exact) mass is 585 g/mol. The molecular formula is C28H35N5O5S2. The number of ether oxygens (including phenoxy) is 1. The Morgan fingerprint density at radius 3 is 2.40 bits per heavy atom. The number of nitrogens with two attached hydrogens (primary N) is 1. The van der Waals surface area contributed by atoms with E-state index in [1.807, 2.05) is 12.1 Å². The number of thiocarbonyl (C=S) groups is 1. The van der Waals surface area contributed by atoms with Gasteiger partial charge in [0.05, 0.1) is 30.6 Å². The smallest absolute Gasteiger partial charge is 0.251 e. The SMILES string of the molecule is NS(=O)(=O)c1ccc(CCNC(=O)c2ccc(CN3C(=O)C4CC(N5CCOCC5)CCC4NC3=S)cc2)cc1. The summed E-state index contributed by atoms with van der Waals surface area (Å²) in [6.45, 7) is 4.08. The number of benzene rings is 2. The molecule has 0 aromatic heterocycles. The highest BCUT2D eigenvalue weighted by Crippen LogP contribution is 2.33. The van der Waals surface area contributed by atoms with E-state index < -0.39 is 10.0 Å². The van der Waals surface area contributed by atoms with Crippen LogP contribution < -0.4 is 15.8 Å². The summed E-state index contributed by atoms with van der Waals surface area (Å²) < 4.78 is 28.3. The molecule has 3 aliphatic rings. The maximum absolute atomic E-state index is 13.5. The first-order chi connectivity index (χ1) is 19.2. The number of carbonyl (C=O) groups excluding carboxylic acids is 2. The number of nitrogens with zero attached hydrogens (tertiary/aromatic N) is 2. The van der Waals surface area contributed by atoms with E-state index in [9.17, 15) is 18.0 Å². The average molecular weight is 586 g/mol. The van der Waals surface area contributed by atoms with Crippen molar-refractivity contribution < 1.29 is 22.7 Å². The van der Waals surface area contributed by atoms with Crippen LogP contribution in [-0.4, -0.2) is 80.1 Å². The number of amides is 2. The van der Waals surface area contributed by atoms with Crippen LogP contribution in [0.25, 0.3) is 0 Å². The summed E-state index contributed by atoms with van der Waals surface area (Å²) in [5.41, 5.74) is 2.29. The Labute approximate surface area is 240 Å². The second-order valence-electron chi connectivity index (χ2n) is 10.6. The molecule has 12 heteroatoms. The van der Waals surface area contributed by atoms with Crippen molar-refractivity contribution in [1.29, 1.82) is 0 Å². The highest BCUT2D eigenvalue weighted by Gasteiger charge is 2.44. The summed E-state index contributed by atoms with van der Waals surface area (Å²) in [6, 6.07) is 13.9. The van der Waals surface area contributed by atoms with Crippen LogP contribution in [0.5, 0.6) is 0 Å². The molecule has 2 saturated heterocycles. The van der Waals surface area contributed by atoms with Crippen LogP contribution >= 0.6 is 12.2 Å². The van der Waals surface area contributed by atoms with E-state index in [0.717, 1.165) is 56.7 Å². The summed E-state index contributed by atoms with van der Waals surface area (Å²) in [4.78, 5) is 30.3. The maximum Gasteiger partial charge on any atom is 0.251 e. The summed E-state index contributed by atoms with van der Waals surface area (Å²) in [7, 11) is -3.73. The van der Waals surface area contributed by atoms with Gasteiger partial charge in [-0.05, 0) is 73.3 Å². The quantitative estimate of drug-likeness (QED) is 0.396. The van der Waals surface area contributed by atoms with Gasteiger partial charge in [-0.25, -0.2) is 13.6 Å². The second kappa shape index (κ2) is 12.3. The average Bonchev–Trinajstić information content (AvgIpc) is 2.95. The lowest BCUT2D eigenvalue weighted by molar-refractivity contribution is -0.136. The van der Waals surface area contributed by atoms with E-state index in [0.29, 0.717) is 36.2 Å². The number of hydrogen-bond donors (Lipinski definition) is 3. The van der Waals surface area contributed by atoms with Gasteiger partial charge in [0.25, 0.3) is 5.91 Å². The fraction of sp³-hybridized carbons (Fsp3) is 0.464. The number of sulfonamides is 1. The Bertz CT molecular complexity index is 1340. The molecule has 2 aliphatic heterocycles. The van der Waals surface area contributed by atoms with Crippen LogP contribution in [0.4, 0.5) is 0 Å². The third-order valence-corrected chi connectivity index (χ3v) is 9.30. The van der Waals surface area contributed by atoms with E-state index in [1.54, 1.807) is 29.2 Å². The van der Waals surface area contributed by atoms with E-state index >= 15 is 0 Å². The van der Waals surface area contributed by atoms with Gasteiger partial charge < -0.3 is 15.4 Å². The minimum absolute atomic E-state index is 0.0546. The normalized spacial score (nSPS) is 23.8. The molecule has 40 heavy (non-hydrogen) atoms. The van der Waals surface area contributed by atoms with Crippen LogP contribution in [0.2, 0.25) is 0 Å². The molecule has 0 radical (unpaired) electrons. The number of rotatable bonds is 8. The van der Waals surface area contributed by atoms with Gasteiger partial charge in [-0.2, -0.15) is 0 Å². The van der Waals surface area contributed by atoms with Crippen molar-refractivity contribution in [2.75, 3.05) is 32.8 Å². The number of fused-ring (bicyclic) bond motifs is 1. The van der Waals surface area contributed by atoms with Gasteiger partial charge in [0.1, 0.15) is 0 Å². The van der Waals surface area contributed by atoms with Crippen molar-refractivity contribution in [1.82, 2.24) is 20.4 Å². The molecule has 0 spiro atoms. The molecule has 10 nitrogen and oxygen atoms in total. The van der Waals surface area contributed by atoms with E-state index in [2.05, 4.69) is 15.5 Å². The van der Waals surface area contributed by atoms with Gasteiger partial charge in [-0.3, -0.25) is 19.4 Å². The van der Waals surface area contributed by atoms with Gasteiger partial charge in [0.15, 0.2) is 5.11 Å². The van der Waals surface area contributed by atoms with Gasteiger partial charge >= 0.3 is 0 Å². The Hall–Kier alpha value is -2.90. The third-order valence-electron chi connectivity index (χ3n) is 8.03. The molecule has 5 rings (SSSR count). The van der Waals surface area contributed by atoms with Crippen molar-refractivity contribution in [3.8, 4) is 0 Å². The predicted molar refractivity (Wildman–Crippen MR) is 154 cm³/mol.